The van der Waals surface area contributed by atoms with E-state index in [0.29, 0.717) is 5.56 Å². The van der Waals surface area contributed by atoms with E-state index in [1.165, 1.54) is 18.3 Å². The number of hydrogen-bond donors (Lipinski definition) is 1. The number of hydrogen-bond acceptors (Lipinski definition) is 4. The summed E-state index contributed by atoms with van der Waals surface area (Å²) in [6.07, 6.45) is 1.37. The molecule has 1 rings (SSSR count). The van der Waals surface area contributed by atoms with Crippen molar-refractivity contribution in [1.29, 1.82) is 5.26 Å². The molecule has 0 fully saturated rings. The van der Waals surface area contributed by atoms with E-state index in [-0.39, 0.29) is 11.4 Å². The van der Waals surface area contributed by atoms with Crippen LogP contribution in [0.5, 0.6) is 0 Å². The Labute approximate surface area is 75.9 Å². The second-order valence-corrected chi connectivity index (χ2v) is 4.08. The van der Waals surface area contributed by atoms with Gasteiger partial charge in [-0.3, -0.25) is 0 Å². The van der Waals surface area contributed by atoms with Gasteiger partial charge in [-0.2, -0.15) is 5.26 Å². The molecule has 0 atom stereocenters. The van der Waals surface area contributed by atoms with E-state index in [0.717, 1.165) is 0 Å². The molecule has 0 aromatic carbocycles. The first-order chi connectivity index (χ1) is 6.01. The maximum atomic E-state index is 10.7. The van der Waals surface area contributed by atoms with Gasteiger partial charge in [0, 0.05) is 6.20 Å². The van der Waals surface area contributed by atoms with Crippen molar-refractivity contribution in [3.8, 4) is 6.07 Å². The van der Waals surface area contributed by atoms with Crippen molar-refractivity contribution < 1.29 is 8.42 Å². The molecule has 1 heterocycles. The van der Waals surface area contributed by atoms with Crippen molar-refractivity contribution in [1.82, 2.24) is 4.98 Å². The Morgan fingerprint density at radius 3 is 2.85 bits per heavy atom. The number of pyridine rings is 1. The Morgan fingerprint density at radius 2 is 2.31 bits per heavy atom. The second-order valence-electron chi connectivity index (χ2n) is 2.47. The molecule has 6 heteroatoms. The lowest BCUT2D eigenvalue weighted by atomic mass is 10.2. The fourth-order valence-electron chi connectivity index (χ4n) is 0.858. The van der Waals surface area contributed by atoms with Crippen LogP contribution in [-0.2, 0) is 15.8 Å². The summed E-state index contributed by atoms with van der Waals surface area (Å²) in [7, 11) is -3.54. The maximum absolute atomic E-state index is 10.7. The number of rotatable bonds is 2. The topological polar surface area (TPSA) is 96.8 Å². The largest absolute Gasteiger partial charge is 0.246 e. The molecule has 0 radical (unpaired) electrons. The molecule has 0 aliphatic carbocycles. The number of primary sulfonamides is 1. The summed E-state index contributed by atoms with van der Waals surface area (Å²) in [4.78, 5) is 3.69. The maximum Gasteiger partial charge on any atom is 0.213 e. The normalized spacial score (nSPS) is 10.8. The van der Waals surface area contributed by atoms with Crippen LogP contribution in [0.25, 0.3) is 0 Å². The van der Waals surface area contributed by atoms with E-state index in [2.05, 4.69) is 4.98 Å². The third kappa shape index (κ3) is 3.19. The third-order valence-electron chi connectivity index (χ3n) is 1.31. The zero-order chi connectivity index (χ0) is 9.90. The molecule has 0 saturated heterocycles. The van der Waals surface area contributed by atoms with E-state index < -0.39 is 10.0 Å². The first kappa shape index (κ1) is 9.64. The zero-order valence-corrected chi connectivity index (χ0v) is 7.45. The van der Waals surface area contributed by atoms with Crippen molar-refractivity contribution in [2.45, 2.75) is 5.75 Å². The molecule has 0 amide bonds. The number of nitrogens with two attached hydrogens (primary N) is 1. The molecule has 1 aromatic rings. The van der Waals surface area contributed by atoms with Crippen LogP contribution in [-0.4, -0.2) is 13.4 Å². The fourth-order valence-corrected chi connectivity index (χ4v) is 1.50. The van der Waals surface area contributed by atoms with Gasteiger partial charge in [0.05, 0.1) is 5.75 Å². The smallest absolute Gasteiger partial charge is 0.213 e. The molecule has 13 heavy (non-hydrogen) atoms. The first-order valence-electron chi connectivity index (χ1n) is 3.37. The van der Waals surface area contributed by atoms with E-state index in [4.69, 9.17) is 10.4 Å². The standard InChI is InChI=1S/C7H7N3O2S/c8-4-7-3-6(1-2-10-7)5-13(9,11)12/h1-3H,5H2,(H2,9,11,12). The van der Waals surface area contributed by atoms with Crippen LogP contribution in [0.1, 0.15) is 11.3 Å². The van der Waals surface area contributed by atoms with Crippen molar-refractivity contribution in [2.24, 2.45) is 5.14 Å². The van der Waals surface area contributed by atoms with Crippen LogP contribution in [0.2, 0.25) is 0 Å². The van der Waals surface area contributed by atoms with Gasteiger partial charge < -0.3 is 0 Å². The summed E-state index contributed by atoms with van der Waals surface area (Å²) < 4.78 is 21.3. The molecule has 0 spiro atoms. The molecule has 2 N–H and O–H groups in total. The minimum atomic E-state index is -3.54. The summed E-state index contributed by atoms with van der Waals surface area (Å²) in [5.41, 5.74) is 0.648. The van der Waals surface area contributed by atoms with Crippen LogP contribution in [0, 0.1) is 11.3 Å². The van der Waals surface area contributed by atoms with Crippen LogP contribution in [0.3, 0.4) is 0 Å². The van der Waals surface area contributed by atoms with Gasteiger partial charge >= 0.3 is 0 Å². The van der Waals surface area contributed by atoms with Gasteiger partial charge in [-0.25, -0.2) is 18.5 Å². The highest BCUT2D eigenvalue weighted by atomic mass is 32.2. The highest BCUT2D eigenvalue weighted by molar-refractivity contribution is 7.88. The molecule has 1 aromatic heterocycles. The lowest BCUT2D eigenvalue weighted by Gasteiger charge is -1.97. The van der Waals surface area contributed by atoms with Crippen LogP contribution in [0.15, 0.2) is 18.3 Å². The van der Waals surface area contributed by atoms with E-state index >= 15 is 0 Å². The van der Waals surface area contributed by atoms with Crippen LogP contribution >= 0.6 is 0 Å². The van der Waals surface area contributed by atoms with Gasteiger partial charge in [0.2, 0.25) is 10.0 Å². The summed E-state index contributed by atoms with van der Waals surface area (Å²) in [5, 5.41) is 13.3. The van der Waals surface area contributed by atoms with Gasteiger partial charge in [-0.1, -0.05) is 0 Å². The third-order valence-corrected chi connectivity index (χ3v) is 2.04. The first-order valence-corrected chi connectivity index (χ1v) is 5.08. The average molecular weight is 197 g/mol. The quantitative estimate of drug-likeness (QED) is 0.706. The average Bonchev–Trinajstić information content (AvgIpc) is 2.01. The number of nitrogens with zero attached hydrogens (tertiary/aromatic N) is 2. The highest BCUT2D eigenvalue weighted by Gasteiger charge is 2.05. The Bertz CT molecular complexity index is 447. The Kier molecular flexibility index (Phi) is 2.60. The van der Waals surface area contributed by atoms with Gasteiger partial charge in [0.15, 0.2) is 0 Å². The summed E-state index contributed by atoms with van der Waals surface area (Å²) in [6.45, 7) is 0. The van der Waals surface area contributed by atoms with Gasteiger partial charge in [0.1, 0.15) is 11.8 Å². The predicted molar refractivity (Wildman–Crippen MR) is 45.8 cm³/mol. The van der Waals surface area contributed by atoms with Crippen molar-refractivity contribution in [2.75, 3.05) is 0 Å². The number of nitriles is 1. The molecular weight excluding hydrogens is 190 g/mol. The lowest BCUT2D eigenvalue weighted by Crippen LogP contribution is -2.14. The molecule has 5 nitrogen and oxygen atoms in total. The van der Waals surface area contributed by atoms with E-state index in [1.807, 2.05) is 0 Å². The zero-order valence-electron chi connectivity index (χ0n) is 6.64. The van der Waals surface area contributed by atoms with E-state index in [1.54, 1.807) is 6.07 Å². The summed E-state index contributed by atoms with van der Waals surface area (Å²) >= 11 is 0. The molecule has 0 saturated carbocycles. The lowest BCUT2D eigenvalue weighted by molar-refractivity contribution is 0.597. The van der Waals surface area contributed by atoms with Crippen molar-refractivity contribution in [3.63, 3.8) is 0 Å². The minimum absolute atomic E-state index is 0.182. The number of sulfonamides is 1. The minimum Gasteiger partial charge on any atom is -0.246 e. The van der Waals surface area contributed by atoms with Crippen LogP contribution < -0.4 is 5.14 Å². The molecule has 68 valence electrons. The molecular formula is C7H7N3O2S. The Hall–Kier alpha value is -1.45. The van der Waals surface area contributed by atoms with Crippen molar-refractivity contribution >= 4 is 10.0 Å². The predicted octanol–water partition coefficient (Wildman–Crippen LogP) is -0.258. The molecule has 0 aliphatic heterocycles. The fraction of sp³-hybridized carbons (Fsp3) is 0.143. The second kappa shape index (κ2) is 3.51. The SMILES string of the molecule is N#Cc1cc(CS(N)(=O)=O)ccn1. The Morgan fingerprint density at radius 1 is 1.62 bits per heavy atom. The van der Waals surface area contributed by atoms with Gasteiger partial charge in [-0.15, -0.1) is 0 Å². The highest BCUT2D eigenvalue weighted by Crippen LogP contribution is 2.03. The summed E-state index contributed by atoms with van der Waals surface area (Å²) in [5.74, 6) is -0.274. The molecule has 0 aliphatic rings. The van der Waals surface area contributed by atoms with Gasteiger partial charge in [0.25, 0.3) is 0 Å². The number of aromatic nitrogens is 1. The van der Waals surface area contributed by atoms with E-state index in [9.17, 15) is 8.42 Å². The summed E-state index contributed by atoms with van der Waals surface area (Å²) in [6, 6.07) is 4.70. The Balaban J connectivity index is 2.99. The molecule has 0 bridgehead atoms. The monoisotopic (exact) mass is 197 g/mol. The van der Waals surface area contributed by atoms with Crippen LogP contribution in [0.4, 0.5) is 0 Å². The van der Waals surface area contributed by atoms with Crippen molar-refractivity contribution in [3.05, 3.63) is 29.6 Å². The van der Waals surface area contributed by atoms with Gasteiger partial charge in [-0.05, 0) is 17.7 Å². The molecule has 0 unspecified atom stereocenters.